The highest BCUT2D eigenvalue weighted by molar-refractivity contribution is 7.15. The van der Waals surface area contributed by atoms with Crippen LogP contribution in [0.5, 0.6) is 5.75 Å². The van der Waals surface area contributed by atoms with Crippen molar-refractivity contribution < 1.29 is 19.5 Å². The van der Waals surface area contributed by atoms with Gasteiger partial charge in [0.25, 0.3) is 5.91 Å². The van der Waals surface area contributed by atoms with Crippen molar-refractivity contribution in [2.45, 2.75) is 12.1 Å². The zero-order valence-corrected chi connectivity index (χ0v) is 14.5. The summed E-state index contributed by atoms with van der Waals surface area (Å²) in [5.41, 5.74) is 0.877. The van der Waals surface area contributed by atoms with E-state index in [0.717, 1.165) is 17.0 Å². The standard InChI is InChI=1S/C17H17N3O4S/c1-20(2)17(24)10-8-25-16(13(10)21)19-12-11(14(22)15(12)23)18-9-6-4-3-5-7-9/h3-8,11-12,18-19,21H,1-2H3. The molecule has 0 saturated heterocycles. The lowest BCUT2D eigenvalue weighted by molar-refractivity contribution is -0.144. The van der Waals surface area contributed by atoms with E-state index < -0.39 is 23.7 Å². The van der Waals surface area contributed by atoms with Gasteiger partial charge in [0, 0.05) is 25.2 Å². The Morgan fingerprint density at radius 2 is 1.68 bits per heavy atom. The van der Waals surface area contributed by atoms with Crippen LogP contribution in [0.1, 0.15) is 10.4 Å². The molecule has 0 aliphatic heterocycles. The second-order valence-electron chi connectivity index (χ2n) is 5.87. The topological polar surface area (TPSA) is 98.7 Å². The molecular weight excluding hydrogens is 342 g/mol. The van der Waals surface area contributed by atoms with Gasteiger partial charge >= 0.3 is 0 Å². The summed E-state index contributed by atoms with van der Waals surface area (Å²) in [7, 11) is 3.17. The van der Waals surface area contributed by atoms with Crippen molar-refractivity contribution in [2.75, 3.05) is 24.7 Å². The van der Waals surface area contributed by atoms with Crippen LogP contribution in [0.4, 0.5) is 10.7 Å². The van der Waals surface area contributed by atoms with Crippen molar-refractivity contribution in [1.29, 1.82) is 0 Å². The molecule has 0 bridgehead atoms. The second-order valence-corrected chi connectivity index (χ2v) is 6.74. The van der Waals surface area contributed by atoms with Crippen LogP contribution < -0.4 is 10.6 Å². The first kappa shape index (κ1) is 17.0. The maximum Gasteiger partial charge on any atom is 0.258 e. The monoisotopic (exact) mass is 359 g/mol. The van der Waals surface area contributed by atoms with Gasteiger partial charge in [-0.2, -0.15) is 0 Å². The predicted octanol–water partition coefficient (Wildman–Crippen LogP) is 1.57. The molecule has 1 aromatic carbocycles. The van der Waals surface area contributed by atoms with Crippen LogP contribution in [-0.2, 0) is 9.59 Å². The van der Waals surface area contributed by atoms with Crippen molar-refractivity contribution in [1.82, 2.24) is 4.90 Å². The van der Waals surface area contributed by atoms with Crippen LogP contribution in [0.15, 0.2) is 35.7 Å². The van der Waals surface area contributed by atoms with Gasteiger partial charge in [-0.25, -0.2) is 0 Å². The highest BCUT2D eigenvalue weighted by Gasteiger charge is 2.49. The van der Waals surface area contributed by atoms with Crippen LogP contribution >= 0.6 is 11.3 Å². The van der Waals surface area contributed by atoms with Gasteiger partial charge in [-0.3, -0.25) is 14.4 Å². The highest BCUT2D eigenvalue weighted by Crippen LogP contribution is 2.37. The van der Waals surface area contributed by atoms with Gasteiger partial charge in [0.2, 0.25) is 11.6 Å². The number of benzene rings is 1. The molecule has 1 aromatic heterocycles. The van der Waals surface area contributed by atoms with E-state index in [9.17, 15) is 19.5 Å². The number of hydrogen-bond acceptors (Lipinski definition) is 7. The average Bonchev–Trinajstić information content (AvgIpc) is 2.98. The third-order valence-electron chi connectivity index (χ3n) is 3.93. The van der Waals surface area contributed by atoms with Crippen LogP contribution in [0.25, 0.3) is 0 Å². The zero-order chi connectivity index (χ0) is 18.1. The first-order chi connectivity index (χ1) is 11.9. The number of Topliss-reactive ketones (excluding diaryl/α,β-unsaturated/α-hetero) is 2. The van der Waals surface area contributed by atoms with Crippen LogP contribution in [0, 0.1) is 0 Å². The van der Waals surface area contributed by atoms with Gasteiger partial charge in [-0.05, 0) is 12.1 Å². The lowest BCUT2D eigenvalue weighted by Gasteiger charge is -2.35. The molecule has 130 valence electrons. The number of anilines is 2. The van der Waals surface area contributed by atoms with Crippen molar-refractivity contribution in [2.24, 2.45) is 0 Å². The molecule has 3 rings (SSSR count). The molecule has 1 aliphatic carbocycles. The summed E-state index contributed by atoms with van der Waals surface area (Å²) in [6.45, 7) is 0. The molecule has 1 aliphatic rings. The molecule has 3 N–H and O–H groups in total. The van der Waals surface area contributed by atoms with E-state index in [1.165, 1.54) is 10.3 Å². The summed E-state index contributed by atoms with van der Waals surface area (Å²) < 4.78 is 0. The van der Waals surface area contributed by atoms with Crippen LogP contribution in [-0.4, -0.2) is 53.7 Å². The first-order valence-electron chi connectivity index (χ1n) is 7.58. The fourth-order valence-electron chi connectivity index (χ4n) is 2.51. The quantitative estimate of drug-likeness (QED) is 0.701. The molecule has 1 fully saturated rings. The Bertz CT molecular complexity index is 832. The van der Waals surface area contributed by atoms with E-state index in [2.05, 4.69) is 10.6 Å². The molecule has 2 aromatic rings. The molecule has 0 radical (unpaired) electrons. The Kier molecular flexibility index (Phi) is 4.45. The lowest BCUT2D eigenvalue weighted by atomic mass is 9.83. The Morgan fingerprint density at radius 3 is 2.28 bits per heavy atom. The molecule has 2 atom stereocenters. The van der Waals surface area contributed by atoms with Gasteiger partial charge in [0.05, 0.1) is 5.56 Å². The molecule has 25 heavy (non-hydrogen) atoms. The minimum absolute atomic E-state index is 0.156. The third kappa shape index (κ3) is 3.08. The lowest BCUT2D eigenvalue weighted by Crippen LogP contribution is -2.64. The summed E-state index contributed by atoms with van der Waals surface area (Å²) in [5, 5.41) is 17.9. The average molecular weight is 359 g/mol. The number of aromatic hydroxyl groups is 1. The zero-order valence-electron chi connectivity index (χ0n) is 13.6. The minimum Gasteiger partial charge on any atom is -0.504 e. The van der Waals surface area contributed by atoms with Gasteiger partial charge in [0.15, 0.2) is 5.75 Å². The highest BCUT2D eigenvalue weighted by atomic mass is 32.1. The Balaban J connectivity index is 1.76. The summed E-state index contributed by atoms with van der Waals surface area (Å²) in [4.78, 5) is 37.1. The number of ketones is 2. The molecule has 1 heterocycles. The molecule has 1 amide bonds. The van der Waals surface area contributed by atoms with Crippen molar-refractivity contribution >= 4 is 39.5 Å². The number of rotatable bonds is 5. The SMILES string of the molecule is CN(C)C(=O)c1csc(NC2C(=O)C(=O)C2Nc2ccccc2)c1O. The maximum atomic E-state index is 12.0. The van der Waals surface area contributed by atoms with Gasteiger partial charge in [-0.1, -0.05) is 18.2 Å². The first-order valence-corrected chi connectivity index (χ1v) is 8.46. The summed E-state index contributed by atoms with van der Waals surface area (Å²) in [6, 6.07) is 7.57. The van der Waals surface area contributed by atoms with Gasteiger partial charge in [-0.15, -0.1) is 11.3 Å². The van der Waals surface area contributed by atoms with E-state index in [0.29, 0.717) is 0 Å². The Morgan fingerprint density at radius 1 is 1.08 bits per heavy atom. The summed E-state index contributed by atoms with van der Waals surface area (Å²) in [5.74, 6) is -1.62. The smallest absolute Gasteiger partial charge is 0.258 e. The fourth-order valence-corrected chi connectivity index (χ4v) is 3.38. The molecule has 8 heteroatoms. The van der Waals surface area contributed by atoms with Gasteiger partial charge in [0.1, 0.15) is 17.1 Å². The van der Waals surface area contributed by atoms with Crippen molar-refractivity contribution in [3.05, 3.63) is 41.3 Å². The molecule has 0 spiro atoms. The van der Waals surface area contributed by atoms with Crippen molar-refractivity contribution in [3.8, 4) is 5.75 Å². The molecule has 2 unspecified atom stereocenters. The number of nitrogens with one attached hydrogen (secondary N) is 2. The van der Waals surface area contributed by atoms with E-state index in [1.54, 1.807) is 26.2 Å². The Labute approximate surface area is 148 Å². The fraction of sp³-hybridized carbons (Fsp3) is 0.235. The van der Waals surface area contributed by atoms with E-state index >= 15 is 0 Å². The number of carbonyl (C=O) groups is 3. The third-order valence-corrected chi connectivity index (χ3v) is 4.83. The number of hydrogen-bond donors (Lipinski definition) is 3. The number of nitrogens with zero attached hydrogens (tertiary/aromatic N) is 1. The largest absolute Gasteiger partial charge is 0.504 e. The van der Waals surface area contributed by atoms with E-state index in [4.69, 9.17) is 0 Å². The van der Waals surface area contributed by atoms with Crippen molar-refractivity contribution in [3.63, 3.8) is 0 Å². The molecule has 1 saturated carbocycles. The molecular formula is C17H17N3O4S. The molecule has 7 nitrogen and oxygen atoms in total. The van der Waals surface area contributed by atoms with E-state index in [-0.39, 0.29) is 22.2 Å². The van der Waals surface area contributed by atoms with E-state index in [1.807, 2.05) is 18.2 Å². The van der Waals surface area contributed by atoms with Gasteiger partial charge < -0.3 is 20.6 Å². The second kappa shape index (κ2) is 6.56. The number of amides is 1. The van der Waals surface area contributed by atoms with Crippen LogP contribution in [0.2, 0.25) is 0 Å². The number of para-hydroxylation sites is 1. The van der Waals surface area contributed by atoms with Crippen LogP contribution in [0.3, 0.4) is 0 Å². The predicted molar refractivity (Wildman–Crippen MR) is 95.3 cm³/mol. The number of thiophene rings is 1. The normalized spacial score (nSPS) is 19.3. The summed E-state index contributed by atoms with van der Waals surface area (Å²) >= 11 is 1.11. The number of carbonyl (C=O) groups excluding carboxylic acids is 3. The minimum atomic E-state index is -0.792. The Hall–Kier alpha value is -2.87. The summed E-state index contributed by atoms with van der Waals surface area (Å²) in [6.07, 6.45) is 0. The maximum absolute atomic E-state index is 12.0.